The Morgan fingerprint density at radius 3 is 2.78 bits per heavy atom. The molecule has 0 aliphatic carbocycles. The highest BCUT2D eigenvalue weighted by molar-refractivity contribution is 9.11. The van der Waals surface area contributed by atoms with Gasteiger partial charge in [0.2, 0.25) is 5.91 Å². The molecule has 1 aliphatic rings. The van der Waals surface area contributed by atoms with E-state index in [1.54, 1.807) is 12.1 Å². The quantitative estimate of drug-likeness (QED) is 0.902. The van der Waals surface area contributed by atoms with Gasteiger partial charge >= 0.3 is 0 Å². The van der Waals surface area contributed by atoms with Crippen molar-refractivity contribution in [3.8, 4) is 0 Å². The first-order valence-corrected chi connectivity index (χ1v) is 7.68. The van der Waals surface area contributed by atoms with Gasteiger partial charge in [0.15, 0.2) is 0 Å². The van der Waals surface area contributed by atoms with E-state index in [-0.39, 0.29) is 35.9 Å². The van der Waals surface area contributed by atoms with Crippen molar-refractivity contribution in [3.05, 3.63) is 20.8 Å². The molecule has 1 fully saturated rings. The number of amides is 3. The van der Waals surface area contributed by atoms with Crippen LogP contribution in [0.2, 0.25) is 0 Å². The van der Waals surface area contributed by atoms with Gasteiger partial charge in [0, 0.05) is 13.1 Å². The standard InChI is InChI=1S/C10H9BrN2O3S2/c11-7-2-1-6(18-7)9(15)12-3-4-13-8(14)5-17-10(13)16/h1-2H,3-5H2,(H,12,15). The number of imide groups is 1. The maximum absolute atomic E-state index is 11.7. The number of carbonyl (C=O) groups is 3. The van der Waals surface area contributed by atoms with E-state index in [9.17, 15) is 14.4 Å². The van der Waals surface area contributed by atoms with Crippen molar-refractivity contribution in [2.24, 2.45) is 0 Å². The van der Waals surface area contributed by atoms with Crippen molar-refractivity contribution in [3.63, 3.8) is 0 Å². The highest BCUT2D eigenvalue weighted by Crippen LogP contribution is 2.22. The molecule has 0 saturated carbocycles. The lowest BCUT2D eigenvalue weighted by atomic mass is 10.4. The number of hydrogen-bond donors (Lipinski definition) is 1. The SMILES string of the molecule is O=C(NCCN1C(=O)CSC1=O)c1ccc(Br)s1. The highest BCUT2D eigenvalue weighted by Gasteiger charge is 2.29. The second-order valence-corrected chi connectivity index (χ2v) is 6.85. The maximum Gasteiger partial charge on any atom is 0.288 e. The molecule has 1 aromatic heterocycles. The highest BCUT2D eigenvalue weighted by atomic mass is 79.9. The van der Waals surface area contributed by atoms with Crippen molar-refractivity contribution < 1.29 is 14.4 Å². The second kappa shape index (κ2) is 5.85. The number of nitrogens with one attached hydrogen (secondary N) is 1. The smallest absolute Gasteiger partial charge is 0.288 e. The zero-order valence-electron chi connectivity index (χ0n) is 9.14. The van der Waals surface area contributed by atoms with Crippen molar-refractivity contribution in [1.82, 2.24) is 10.2 Å². The first-order valence-electron chi connectivity index (χ1n) is 5.08. The van der Waals surface area contributed by atoms with Crippen LogP contribution in [0.3, 0.4) is 0 Å². The van der Waals surface area contributed by atoms with Crippen molar-refractivity contribution in [2.45, 2.75) is 0 Å². The molecular formula is C10H9BrN2O3S2. The van der Waals surface area contributed by atoms with Gasteiger partial charge in [0.25, 0.3) is 11.1 Å². The molecule has 1 N–H and O–H groups in total. The van der Waals surface area contributed by atoms with Gasteiger partial charge in [-0.2, -0.15) is 0 Å². The maximum atomic E-state index is 11.7. The van der Waals surface area contributed by atoms with Crippen molar-refractivity contribution in [1.29, 1.82) is 0 Å². The van der Waals surface area contributed by atoms with E-state index in [4.69, 9.17) is 0 Å². The summed E-state index contributed by atoms with van der Waals surface area (Å²) in [5, 5.41) is 2.43. The predicted molar refractivity (Wildman–Crippen MR) is 73.9 cm³/mol. The molecule has 0 atom stereocenters. The Labute approximate surface area is 120 Å². The van der Waals surface area contributed by atoms with E-state index in [2.05, 4.69) is 21.2 Å². The van der Waals surface area contributed by atoms with Crippen LogP contribution in [-0.2, 0) is 4.79 Å². The van der Waals surface area contributed by atoms with E-state index in [0.717, 1.165) is 20.4 Å². The van der Waals surface area contributed by atoms with Gasteiger partial charge in [-0.25, -0.2) is 0 Å². The van der Waals surface area contributed by atoms with Crippen LogP contribution in [-0.4, -0.2) is 40.8 Å². The van der Waals surface area contributed by atoms with Crippen LogP contribution in [0, 0.1) is 0 Å². The fourth-order valence-corrected chi connectivity index (χ4v) is 3.46. The molecule has 0 aromatic carbocycles. The van der Waals surface area contributed by atoms with Crippen molar-refractivity contribution in [2.75, 3.05) is 18.8 Å². The number of thiophene rings is 1. The number of hydrogen-bond acceptors (Lipinski definition) is 5. The average molecular weight is 349 g/mol. The third kappa shape index (κ3) is 3.12. The zero-order chi connectivity index (χ0) is 13.1. The summed E-state index contributed by atoms with van der Waals surface area (Å²) in [5.41, 5.74) is 0. The number of thioether (sulfide) groups is 1. The first kappa shape index (κ1) is 13.6. The monoisotopic (exact) mass is 348 g/mol. The normalized spacial score (nSPS) is 15.3. The van der Waals surface area contributed by atoms with Crippen LogP contribution in [0.15, 0.2) is 15.9 Å². The number of halogens is 1. The van der Waals surface area contributed by atoms with Crippen LogP contribution >= 0.6 is 39.0 Å². The lowest BCUT2D eigenvalue weighted by Crippen LogP contribution is -2.37. The Bertz CT molecular complexity index is 487. The summed E-state index contributed by atoms with van der Waals surface area (Å²) < 4.78 is 0.883. The van der Waals surface area contributed by atoms with Crippen LogP contribution in [0.25, 0.3) is 0 Å². The molecule has 2 rings (SSSR count). The number of carbonyl (C=O) groups excluding carboxylic acids is 3. The van der Waals surface area contributed by atoms with E-state index in [1.807, 2.05) is 0 Å². The Kier molecular flexibility index (Phi) is 4.41. The third-order valence-electron chi connectivity index (χ3n) is 2.26. The largest absolute Gasteiger partial charge is 0.350 e. The summed E-state index contributed by atoms with van der Waals surface area (Å²) >= 11 is 5.60. The van der Waals surface area contributed by atoms with E-state index in [0.29, 0.717) is 4.88 Å². The summed E-state index contributed by atoms with van der Waals surface area (Å²) in [6.07, 6.45) is 0. The van der Waals surface area contributed by atoms with Gasteiger partial charge in [-0.1, -0.05) is 11.8 Å². The molecule has 0 unspecified atom stereocenters. The third-order valence-corrected chi connectivity index (χ3v) is 4.74. The Morgan fingerprint density at radius 1 is 1.44 bits per heavy atom. The fourth-order valence-electron chi connectivity index (χ4n) is 1.40. The van der Waals surface area contributed by atoms with E-state index < -0.39 is 0 Å². The van der Waals surface area contributed by atoms with Crippen LogP contribution in [0.5, 0.6) is 0 Å². The summed E-state index contributed by atoms with van der Waals surface area (Å²) in [6.45, 7) is 0.495. The minimum atomic E-state index is -0.242. The Hall–Kier alpha value is -0.860. The predicted octanol–water partition coefficient (Wildman–Crippen LogP) is 1.94. The Morgan fingerprint density at radius 2 is 2.22 bits per heavy atom. The molecule has 0 spiro atoms. The molecule has 0 bridgehead atoms. The molecule has 8 heteroatoms. The van der Waals surface area contributed by atoms with Crippen LogP contribution in [0.4, 0.5) is 4.79 Å². The van der Waals surface area contributed by atoms with Crippen LogP contribution in [0.1, 0.15) is 9.67 Å². The summed E-state index contributed by atoms with van der Waals surface area (Å²) in [7, 11) is 0. The van der Waals surface area contributed by atoms with Gasteiger partial charge in [-0.05, 0) is 28.1 Å². The molecular weight excluding hydrogens is 340 g/mol. The molecule has 0 radical (unpaired) electrons. The lowest BCUT2D eigenvalue weighted by molar-refractivity contribution is -0.124. The lowest BCUT2D eigenvalue weighted by Gasteiger charge is -2.12. The number of rotatable bonds is 4. The van der Waals surface area contributed by atoms with E-state index >= 15 is 0 Å². The molecule has 96 valence electrons. The molecule has 5 nitrogen and oxygen atoms in total. The zero-order valence-corrected chi connectivity index (χ0v) is 12.4. The summed E-state index contributed by atoms with van der Waals surface area (Å²) in [5.74, 6) is -0.194. The minimum Gasteiger partial charge on any atom is -0.350 e. The fraction of sp³-hybridized carbons (Fsp3) is 0.300. The molecule has 1 aromatic rings. The molecule has 1 saturated heterocycles. The van der Waals surface area contributed by atoms with E-state index in [1.165, 1.54) is 11.3 Å². The first-order chi connectivity index (χ1) is 8.58. The molecule has 1 aliphatic heterocycles. The van der Waals surface area contributed by atoms with Gasteiger partial charge in [-0.15, -0.1) is 11.3 Å². The summed E-state index contributed by atoms with van der Waals surface area (Å²) in [6, 6.07) is 3.51. The minimum absolute atomic E-state index is 0.196. The second-order valence-electron chi connectivity index (χ2n) is 3.46. The van der Waals surface area contributed by atoms with Gasteiger partial charge in [-0.3, -0.25) is 19.3 Å². The van der Waals surface area contributed by atoms with Gasteiger partial charge < -0.3 is 5.32 Å². The molecule has 18 heavy (non-hydrogen) atoms. The van der Waals surface area contributed by atoms with Gasteiger partial charge in [0.1, 0.15) is 0 Å². The average Bonchev–Trinajstić information content (AvgIpc) is 2.89. The Balaban J connectivity index is 1.80. The van der Waals surface area contributed by atoms with Crippen LogP contribution < -0.4 is 5.32 Å². The molecule has 2 heterocycles. The van der Waals surface area contributed by atoms with Gasteiger partial charge in [0.05, 0.1) is 14.4 Å². The van der Waals surface area contributed by atoms with Crippen molar-refractivity contribution >= 4 is 56.1 Å². The topological polar surface area (TPSA) is 66.5 Å². The number of nitrogens with zero attached hydrogens (tertiary/aromatic N) is 1. The summed E-state index contributed by atoms with van der Waals surface area (Å²) in [4.78, 5) is 36.0. The molecule has 3 amide bonds.